The predicted octanol–water partition coefficient (Wildman–Crippen LogP) is 3.69. The molecular weight excluding hydrogens is 338 g/mol. The van der Waals surface area contributed by atoms with E-state index in [9.17, 15) is 8.42 Å². The lowest BCUT2D eigenvalue weighted by molar-refractivity contribution is 0.459. The van der Waals surface area contributed by atoms with Gasteiger partial charge >= 0.3 is 0 Å². The van der Waals surface area contributed by atoms with E-state index in [1.54, 1.807) is 54.7 Å². The first kappa shape index (κ1) is 16.9. The van der Waals surface area contributed by atoms with E-state index in [1.165, 1.54) is 6.20 Å². The number of nitrogens with one attached hydrogen (secondary N) is 1. The van der Waals surface area contributed by atoms with Crippen molar-refractivity contribution in [3.63, 3.8) is 0 Å². The second-order valence-electron chi connectivity index (χ2n) is 5.55. The molecule has 0 saturated carbocycles. The minimum absolute atomic E-state index is 0.203. The summed E-state index contributed by atoms with van der Waals surface area (Å²) in [7, 11) is -3.66. The summed E-state index contributed by atoms with van der Waals surface area (Å²) >= 11 is 0. The van der Waals surface area contributed by atoms with Crippen LogP contribution in [0.2, 0.25) is 0 Å². The molecule has 3 aromatic rings. The summed E-state index contributed by atoms with van der Waals surface area (Å²) in [6, 6.07) is 13.3. The molecule has 0 saturated heterocycles. The Hall–Kier alpha value is -2.93. The van der Waals surface area contributed by atoms with E-state index >= 15 is 0 Å². The van der Waals surface area contributed by atoms with Crippen LogP contribution in [0.15, 0.2) is 65.8 Å². The third kappa shape index (κ3) is 4.33. The summed E-state index contributed by atoms with van der Waals surface area (Å²) in [6.07, 6.45) is 3.12. The van der Waals surface area contributed by atoms with Crippen LogP contribution in [0.25, 0.3) is 0 Å². The summed E-state index contributed by atoms with van der Waals surface area (Å²) in [6.45, 7) is 3.71. The van der Waals surface area contributed by atoms with Crippen molar-refractivity contribution < 1.29 is 13.2 Å². The first-order valence-electron chi connectivity index (χ1n) is 7.58. The van der Waals surface area contributed by atoms with Gasteiger partial charge in [-0.2, -0.15) is 0 Å². The van der Waals surface area contributed by atoms with E-state index in [-0.39, 0.29) is 4.90 Å². The number of hydrogen-bond acceptors (Lipinski definition) is 5. The van der Waals surface area contributed by atoms with Crippen LogP contribution in [-0.4, -0.2) is 18.4 Å². The number of ether oxygens (including phenoxy) is 1. The fourth-order valence-corrected chi connectivity index (χ4v) is 3.21. The molecule has 0 aliphatic carbocycles. The van der Waals surface area contributed by atoms with Crippen molar-refractivity contribution in [1.29, 1.82) is 0 Å². The molecule has 0 radical (unpaired) electrons. The monoisotopic (exact) mass is 355 g/mol. The molecule has 1 aromatic heterocycles. The van der Waals surface area contributed by atoms with Crippen LogP contribution in [0.3, 0.4) is 0 Å². The number of aryl methyl sites for hydroxylation is 2. The highest BCUT2D eigenvalue weighted by Crippen LogP contribution is 2.24. The fourth-order valence-electron chi connectivity index (χ4n) is 2.16. The van der Waals surface area contributed by atoms with Gasteiger partial charge in [-0.3, -0.25) is 9.71 Å². The molecule has 128 valence electrons. The molecule has 0 aliphatic rings. The van der Waals surface area contributed by atoms with Crippen LogP contribution in [0.5, 0.6) is 11.6 Å². The van der Waals surface area contributed by atoms with Gasteiger partial charge in [0.25, 0.3) is 10.0 Å². The molecule has 7 heteroatoms. The topological polar surface area (TPSA) is 81.2 Å². The zero-order chi connectivity index (χ0) is 17.9. The number of nitrogens with zero attached hydrogens (tertiary/aromatic N) is 2. The van der Waals surface area contributed by atoms with Crippen molar-refractivity contribution in [3.8, 4) is 11.6 Å². The summed E-state index contributed by atoms with van der Waals surface area (Å²) in [5.41, 5.74) is 2.13. The maximum atomic E-state index is 12.5. The largest absolute Gasteiger partial charge is 0.437 e. The minimum atomic E-state index is -3.66. The number of hydrogen-bond donors (Lipinski definition) is 1. The van der Waals surface area contributed by atoms with Gasteiger partial charge < -0.3 is 4.74 Å². The van der Waals surface area contributed by atoms with E-state index in [1.807, 2.05) is 13.8 Å². The normalized spacial score (nSPS) is 11.1. The first-order valence-corrected chi connectivity index (χ1v) is 9.07. The van der Waals surface area contributed by atoms with E-state index in [2.05, 4.69) is 14.7 Å². The molecule has 0 bridgehead atoms. The van der Waals surface area contributed by atoms with Crippen LogP contribution >= 0.6 is 0 Å². The highest BCUT2D eigenvalue weighted by atomic mass is 32.2. The molecule has 0 unspecified atom stereocenters. The number of anilines is 1. The van der Waals surface area contributed by atoms with Crippen LogP contribution in [0, 0.1) is 13.8 Å². The average molecular weight is 355 g/mol. The molecule has 1 heterocycles. The van der Waals surface area contributed by atoms with Crippen LogP contribution < -0.4 is 9.46 Å². The summed E-state index contributed by atoms with van der Waals surface area (Å²) in [5.74, 6) is 0.808. The Balaban J connectivity index is 1.80. The van der Waals surface area contributed by atoms with E-state index < -0.39 is 10.0 Å². The Kier molecular flexibility index (Phi) is 4.67. The van der Waals surface area contributed by atoms with Crippen LogP contribution in [0.1, 0.15) is 11.3 Å². The lowest BCUT2D eigenvalue weighted by atomic mass is 10.2. The molecule has 25 heavy (non-hydrogen) atoms. The third-order valence-corrected chi connectivity index (χ3v) is 4.77. The molecule has 2 aromatic carbocycles. The Morgan fingerprint density at radius 2 is 1.76 bits per heavy atom. The zero-order valence-electron chi connectivity index (χ0n) is 13.8. The molecule has 3 rings (SSSR count). The molecule has 0 aliphatic heterocycles. The minimum Gasteiger partial charge on any atom is -0.437 e. The SMILES string of the molecule is Cc1ccc(S(=O)(=O)Nc2cccc(Oc3cncc(C)n3)c2)cc1. The van der Waals surface area contributed by atoms with Crippen LogP contribution in [0.4, 0.5) is 5.69 Å². The predicted molar refractivity (Wildman–Crippen MR) is 95.3 cm³/mol. The summed E-state index contributed by atoms with van der Waals surface area (Å²) in [5, 5.41) is 0. The Bertz CT molecular complexity index is 986. The molecule has 0 amide bonds. The summed E-state index contributed by atoms with van der Waals surface area (Å²) in [4.78, 5) is 8.42. The van der Waals surface area contributed by atoms with Crippen molar-refractivity contribution in [3.05, 3.63) is 72.2 Å². The number of sulfonamides is 1. The van der Waals surface area contributed by atoms with Gasteiger partial charge in [0, 0.05) is 12.3 Å². The standard InChI is InChI=1S/C18H17N3O3S/c1-13-6-8-17(9-7-13)25(22,23)21-15-4-3-5-16(10-15)24-18-12-19-11-14(2)20-18/h3-12,21H,1-2H3. The third-order valence-electron chi connectivity index (χ3n) is 3.37. The van der Waals surface area contributed by atoms with Crippen molar-refractivity contribution >= 4 is 15.7 Å². The van der Waals surface area contributed by atoms with Crippen LogP contribution in [-0.2, 0) is 10.0 Å². The Morgan fingerprint density at radius 3 is 2.48 bits per heavy atom. The van der Waals surface area contributed by atoms with Crippen molar-refractivity contribution in [2.75, 3.05) is 4.72 Å². The van der Waals surface area contributed by atoms with Gasteiger partial charge in [0.05, 0.1) is 22.5 Å². The van der Waals surface area contributed by atoms with Crippen molar-refractivity contribution in [1.82, 2.24) is 9.97 Å². The maximum absolute atomic E-state index is 12.5. The number of rotatable bonds is 5. The molecule has 0 atom stereocenters. The average Bonchev–Trinajstić information content (AvgIpc) is 2.55. The van der Waals surface area contributed by atoms with Gasteiger partial charge in [0.15, 0.2) is 0 Å². The van der Waals surface area contributed by atoms with Crippen molar-refractivity contribution in [2.24, 2.45) is 0 Å². The smallest absolute Gasteiger partial charge is 0.261 e. The quantitative estimate of drug-likeness (QED) is 0.755. The summed E-state index contributed by atoms with van der Waals surface area (Å²) < 4.78 is 33.1. The molecule has 1 N–H and O–H groups in total. The Labute approximate surface area is 146 Å². The lowest BCUT2D eigenvalue weighted by Crippen LogP contribution is -2.12. The lowest BCUT2D eigenvalue weighted by Gasteiger charge is -2.10. The molecule has 6 nitrogen and oxygen atoms in total. The second-order valence-corrected chi connectivity index (χ2v) is 7.23. The highest BCUT2D eigenvalue weighted by Gasteiger charge is 2.14. The van der Waals surface area contributed by atoms with Crippen molar-refractivity contribution in [2.45, 2.75) is 18.7 Å². The maximum Gasteiger partial charge on any atom is 0.261 e. The van der Waals surface area contributed by atoms with Gasteiger partial charge in [-0.1, -0.05) is 23.8 Å². The van der Waals surface area contributed by atoms with Gasteiger partial charge in [-0.25, -0.2) is 13.4 Å². The fraction of sp³-hybridized carbons (Fsp3) is 0.111. The number of benzene rings is 2. The zero-order valence-corrected chi connectivity index (χ0v) is 14.6. The molecule has 0 spiro atoms. The van der Waals surface area contributed by atoms with E-state index in [0.29, 0.717) is 17.3 Å². The Morgan fingerprint density at radius 1 is 1.00 bits per heavy atom. The highest BCUT2D eigenvalue weighted by molar-refractivity contribution is 7.92. The first-order chi connectivity index (χ1) is 11.9. The van der Waals surface area contributed by atoms with E-state index in [4.69, 9.17) is 4.74 Å². The van der Waals surface area contributed by atoms with Gasteiger partial charge in [0.1, 0.15) is 5.75 Å². The van der Waals surface area contributed by atoms with Gasteiger partial charge in [0.2, 0.25) is 5.88 Å². The van der Waals surface area contributed by atoms with Gasteiger partial charge in [-0.15, -0.1) is 0 Å². The second kappa shape index (κ2) is 6.90. The van der Waals surface area contributed by atoms with E-state index in [0.717, 1.165) is 11.3 Å². The number of aromatic nitrogens is 2. The molecular formula is C18H17N3O3S. The van der Waals surface area contributed by atoms with Gasteiger partial charge in [-0.05, 0) is 38.1 Å². The molecule has 0 fully saturated rings.